The Morgan fingerprint density at radius 2 is 1.90 bits per heavy atom. The van der Waals surface area contributed by atoms with E-state index in [1.807, 2.05) is 7.05 Å². The normalized spacial score (nSPS) is 20.0. The third-order valence-corrected chi connectivity index (χ3v) is 6.68. The second-order valence-corrected chi connectivity index (χ2v) is 8.73. The summed E-state index contributed by atoms with van der Waals surface area (Å²) in [4.78, 5) is 18.1. The van der Waals surface area contributed by atoms with Crippen molar-refractivity contribution in [2.45, 2.75) is 64.7 Å². The van der Waals surface area contributed by atoms with Gasteiger partial charge in [0.05, 0.1) is 0 Å². The number of hydrogen-bond acceptors (Lipinski definition) is 4. The van der Waals surface area contributed by atoms with Gasteiger partial charge in [0.2, 0.25) is 5.91 Å². The number of halogens is 1. The summed E-state index contributed by atoms with van der Waals surface area (Å²) in [5.41, 5.74) is 5.77. The molecule has 0 atom stereocenters. The largest absolute Gasteiger partial charge is 0.382 e. The highest BCUT2D eigenvalue weighted by Crippen LogP contribution is 2.40. The summed E-state index contributed by atoms with van der Waals surface area (Å²) in [6, 6.07) is 0. The molecule has 7 nitrogen and oxygen atoms in total. The molecule has 4 N–H and O–H groups in total. The maximum atomic E-state index is 11.2. The summed E-state index contributed by atoms with van der Waals surface area (Å²) in [5.74, 6) is 0.860. The van der Waals surface area contributed by atoms with Crippen LogP contribution in [0.25, 0.3) is 0 Å². The number of nitrogens with two attached hydrogens (primary N) is 1. The third kappa shape index (κ3) is 9.68. The molecule has 1 heterocycles. The Morgan fingerprint density at radius 3 is 2.50 bits per heavy atom. The lowest BCUT2D eigenvalue weighted by Crippen LogP contribution is -2.43. The Balaban J connectivity index is 0.00000450. The summed E-state index contributed by atoms with van der Waals surface area (Å²) in [6.45, 7) is 8.73. The number of ether oxygens (including phenoxy) is 1. The van der Waals surface area contributed by atoms with Crippen LogP contribution in [-0.4, -0.2) is 69.8 Å². The van der Waals surface area contributed by atoms with Gasteiger partial charge in [-0.05, 0) is 76.9 Å². The first-order chi connectivity index (χ1) is 14.1. The number of rotatable bonds is 12. The van der Waals surface area contributed by atoms with Crippen LogP contribution in [0.4, 0.5) is 0 Å². The fraction of sp³-hybridized carbons (Fsp3) is 0.909. The molecule has 1 aliphatic carbocycles. The second kappa shape index (κ2) is 15.2. The zero-order valence-electron chi connectivity index (χ0n) is 19.1. The molecule has 30 heavy (non-hydrogen) atoms. The van der Waals surface area contributed by atoms with Gasteiger partial charge in [0.15, 0.2) is 5.96 Å². The van der Waals surface area contributed by atoms with Crippen molar-refractivity contribution < 1.29 is 9.53 Å². The number of piperidine rings is 1. The van der Waals surface area contributed by atoms with E-state index < -0.39 is 0 Å². The summed E-state index contributed by atoms with van der Waals surface area (Å²) in [6.07, 6.45) is 10.5. The number of amides is 1. The predicted octanol–water partition coefficient (Wildman–Crippen LogP) is 2.73. The predicted molar refractivity (Wildman–Crippen MR) is 134 cm³/mol. The van der Waals surface area contributed by atoms with Crippen molar-refractivity contribution in [3.8, 4) is 0 Å². The fourth-order valence-corrected chi connectivity index (χ4v) is 4.67. The minimum atomic E-state index is -0.134. The average Bonchev–Trinajstić information content (AvgIpc) is 3.19. The van der Waals surface area contributed by atoms with Gasteiger partial charge in [0.25, 0.3) is 0 Å². The monoisotopic (exact) mass is 537 g/mol. The van der Waals surface area contributed by atoms with E-state index >= 15 is 0 Å². The van der Waals surface area contributed by atoms with Gasteiger partial charge in [-0.1, -0.05) is 12.8 Å². The molecule has 1 aliphatic heterocycles. The molecule has 0 unspecified atom stereocenters. The molecule has 1 saturated heterocycles. The smallest absolute Gasteiger partial charge is 0.220 e. The third-order valence-electron chi connectivity index (χ3n) is 6.68. The van der Waals surface area contributed by atoms with Crippen molar-refractivity contribution >= 4 is 35.8 Å². The van der Waals surface area contributed by atoms with Crippen LogP contribution in [0.15, 0.2) is 4.99 Å². The molecule has 0 radical (unpaired) electrons. The van der Waals surface area contributed by atoms with Crippen molar-refractivity contribution in [3.05, 3.63) is 0 Å². The summed E-state index contributed by atoms with van der Waals surface area (Å²) < 4.78 is 5.61. The molecule has 0 aromatic heterocycles. The zero-order chi connectivity index (χ0) is 21.0. The van der Waals surface area contributed by atoms with E-state index in [1.165, 1.54) is 25.7 Å². The lowest BCUT2D eigenvalue weighted by Gasteiger charge is -2.30. The quantitative estimate of drug-likeness (QED) is 0.154. The van der Waals surface area contributed by atoms with E-state index in [1.54, 1.807) is 0 Å². The van der Waals surface area contributed by atoms with Crippen LogP contribution < -0.4 is 16.4 Å². The number of primary amides is 1. The molecule has 2 aliphatic rings. The van der Waals surface area contributed by atoms with Crippen molar-refractivity contribution in [3.63, 3.8) is 0 Å². The Hall–Kier alpha value is -0.610. The van der Waals surface area contributed by atoms with Crippen molar-refractivity contribution in [2.24, 2.45) is 22.1 Å². The van der Waals surface area contributed by atoms with Gasteiger partial charge in [-0.25, -0.2) is 0 Å². The highest BCUT2D eigenvalue weighted by Gasteiger charge is 2.33. The van der Waals surface area contributed by atoms with E-state index in [0.717, 1.165) is 84.0 Å². The van der Waals surface area contributed by atoms with Gasteiger partial charge in [-0.2, -0.15) is 0 Å². The maximum Gasteiger partial charge on any atom is 0.220 e. The Morgan fingerprint density at radius 1 is 1.20 bits per heavy atom. The van der Waals surface area contributed by atoms with Gasteiger partial charge in [-0.3, -0.25) is 9.79 Å². The van der Waals surface area contributed by atoms with E-state index in [0.29, 0.717) is 5.41 Å². The van der Waals surface area contributed by atoms with Crippen LogP contribution in [0.1, 0.15) is 64.7 Å². The van der Waals surface area contributed by atoms with E-state index in [4.69, 9.17) is 10.5 Å². The van der Waals surface area contributed by atoms with Crippen molar-refractivity contribution in [2.75, 3.05) is 53.0 Å². The number of carbonyl (C=O) groups is 1. The van der Waals surface area contributed by atoms with Gasteiger partial charge in [0.1, 0.15) is 0 Å². The number of guanidine groups is 1. The average molecular weight is 538 g/mol. The van der Waals surface area contributed by atoms with Gasteiger partial charge in [0, 0.05) is 39.3 Å². The van der Waals surface area contributed by atoms with E-state index in [-0.39, 0.29) is 35.8 Å². The van der Waals surface area contributed by atoms with Gasteiger partial charge >= 0.3 is 0 Å². The number of nitrogens with one attached hydrogen (secondary N) is 2. The summed E-state index contributed by atoms with van der Waals surface area (Å²) in [5, 5.41) is 7.03. The number of nitrogens with zero attached hydrogens (tertiary/aromatic N) is 2. The molecule has 2 rings (SSSR count). The van der Waals surface area contributed by atoms with Gasteiger partial charge in [-0.15, -0.1) is 24.0 Å². The van der Waals surface area contributed by atoms with Gasteiger partial charge < -0.3 is 26.0 Å². The molecule has 1 saturated carbocycles. The molecule has 8 heteroatoms. The zero-order valence-corrected chi connectivity index (χ0v) is 21.4. The maximum absolute atomic E-state index is 11.2. The summed E-state index contributed by atoms with van der Waals surface area (Å²) >= 11 is 0. The SMILES string of the molecule is CCOCCC1(CNC(=NC)NCCCCN2CCC(C(N)=O)CC2)CCCC1.I. The first-order valence-corrected chi connectivity index (χ1v) is 11.6. The first-order valence-electron chi connectivity index (χ1n) is 11.6. The molecular formula is C22H44IN5O2. The Bertz CT molecular complexity index is 504. The number of unbranched alkanes of at least 4 members (excludes halogenated alkanes) is 1. The van der Waals surface area contributed by atoms with Crippen LogP contribution in [0.3, 0.4) is 0 Å². The molecule has 2 fully saturated rings. The highest BCUT2D eigenvalue weighted by atomic mass is 127. The van der Waals surface area contributed by atoms with Crippen LogP contribution in [0.2, 0.25) is 0 Å². The molecular weight excluding hydrogens is 493 g/mol. The lowest BCUT2D eigenvalue weighted by molar-refractivity contribution is -0.123. The standard InChI is InChI=1S/C22H43N5O2.HI/c1-3-29-17-12-22(10-4-5-11-22)18-26-21(24-2)25-13-6-7-14-27-15-8-19(9-16-27)20(23)28;/h19H,3-18H2,1-2H3,(H2,23,28)(H2,24,25,26);1H. The number of carbonyl (C=O) groups excluding carboxylic acids is 1. The molecule has 0 spiro atoms. The summed E-state index contributed by atoms with van der Waals surface area (Å²) in [7, 11) is 1.85. The minimum Gasteiger partial charge on any atom is -0.382 e. The lowest BCUT2D eigenvalue weighted by atomic mass is 9.83. The molecule has 0 aromatic rings. The topological polar surface area (TPSA) is 92.0 Å². The molecule has 176 valence electrons. The molecule has 1 amide bonds. The number of likely N-dealkylation sites (tertiary alicyclic amines) is 1. The van der Waals surface area contributed by atoms with Crippen LogP contribution >= 0.6 is 24.0 Å². The van der Waals surface area contributed by atoms with E-state index in [9.17, 15) is 4.79 Å². The number of aliphatic imine (C=N–C) groups is 1. The molecule has 0 aromatic carbocycles. The van der Waals surface area contributed by atoms with Crippen molar-refractivity contribution in [1.82, 2.24) is 15.5 Å². The van der Waals surface area contributed by atoms with E-state index in [2.05, 4.69) is 27.4 Å². The Labute approximate surface area is 200 Å². The number of hydrogen-bond donors (Lipinski definition) is 3. The highest BCUT2D eigenvalue weighted by molar-refractivity contribution is 14.0. The first kappa shape index (κ1) is 27.4. The minimum absolute atomic E-state index is 0. The van der Waals surface area contributed by atoms with Crippen LogP contribution in [0.5, 0.6) is 0 Å². The van der Waals surface area contributed by atoms with Crippen LogP contribution in [-0.2, 0) is 9.53 Å². The fourth-order valence-electron chi connectivity index (χ4n) is 4.67. The second-order valence-electron chi connectivity index (χ2n) is 8.73. The van der Waals surface area contributed by atoms with Crippen LogP contribution in [0, 0.1) is 11.3 Å². The Kier molecular flexibility index (Phi) is 13.9. The van der Waals surface area contributed by atoms with Crippen molar-refractivity contribution in [1.29, 1.82) is 0 Å². The molecule has 0 bridgehead atoms.